The van der Waals surface area contributed by atoms with Crippen LogP contribution in [0.25, 0.3) is 0 Å². The van der Waals surface area contributed by atoms with Crippen LogP contribution in [0.2, 0.25) is 0 Å². The van der Waals surface area contributed by atoms with Crippen LogP contribution in [-0.4, -0.2) is 5.60 Å². The fourth-order valence-corrected chi connectivity index (χ4v) is 6.73. The predicted molar refractivity (Wildman–Crippen MR) is 133 cm³/mol. The highest BCUT2D eigenvalue weighted by Crippen LogP contribution is 2.38. The molecule has 0 heterocycles. The maximum atomic E-state index is 15.4. The van der Waals surface area contributed by atoms with E-state index < -0.39 is 5.60 Å². The lowest BCUT2D eigenvalue weighted by Gasteiger charge is -2.32. The van der Waals surface area contributed by atoms with Gasteiger partial charge in [-0.25, -0.2) is 4.39 Å². The second kappa shape index (κ2) is 9.07. The topological polar surface area (TPSA) is 9.23 Å². The average Bonchev–Trinajstić information content (AvgIpc) is 3.28. The van der Waals surface area contributed by atoms with Crippen LogP contribution in [0.5, 0.6) is 5.75 Å². The molecule has 0 unspecified atom stereocenters. The van der Waals surface area contributed by atoms with E-state index in [1.165, 1.54) is 20.9 Å². The minimum Gasteiger partial charge on any atom is -0.484 e. The monoisotopic (exact) mass is 455 g/mol. The van der Waals surface area contributed by atoms with Crippen molar-refractivity contribution in [2.24, 2.45) is 5.92 Å². The van der Waals surface area contributed by atoms with Crippen LogP contribution in [0.1, 0.15) is 25.0 Å². The Morgan fingerprint density at radius 2 is 1.21 bits per heavy atom. The molecule has 5 rings (SSSR count). The Balaban J connectivity index is 1.42. The molecule has 0 saturated carbocycles. The van der Waals surface area contributed by atoms with Crippen LogP contribution in [0, 0.1) is 11.7 Å². The molecular weight excluding hydrogens is 427 g/mol. The molecule has 0 radical (unpaired) electrons. The molecule has 0 bridgehead atoms. The molecule has 1 nitrogen and oxygen atoms in total. The SMILES string of the molecule is CC(C)(Oc1ccc([S+](c2ccccc2)c2ccccc2)cc1F)C1Cc2ccccc2C1. The number of hydrogen-bond acceptors (Lipinski definition) is 1. The van der Waals surface area contributed by atoms with Gasteiger partial charge >= 0.3 is 0 Å². The molecule has 0 fully saturated rings. The standard InChI is InChI=1S/C30H28FOS/c1-30(2,24-19-22-11-9-10-12-23(22)20-24)32-29-18-17-27(21-28(29)31)33(25-13-5-3-6-14-25)26-15-7-4-8-16-26/h3-18,21,24H,19-20H2,1-2H3/q+1. The van der Waals surface area contributed by atoms with Crippen molar-refractivity contribution < 1.29 is 9.13 Å². The third-order valence-electron chi connectivity index (χ3n) is 6.50. The van der Waals surface area contributed by atoms with E-state index in [-0.39, 0.29) is 16.7 Å². The second-order valence-electron chi connectivity index (χ2n) is 9.10. The molecule has 0 saturated heterocycles. The largest absolute Gasteiger partial charge is 0.484 e. The lowest BCUT2D eigenvalue weighted by Crippen LogP contribution is -2.38. The van der Waals surface area contributed by atoms with Crippen molar-refractivity contribution in [3.8, 4) is 5.75 Å². The molecule has 1 aliphatic rings. The van der Waals surface area contributed by atoms with Crippen LogP contribution in [0.15, 0.2) is 118 Å². The highest BCUT2D eigenvalue weighted by molar-refractivity contribution is 7.97. The Bertz CT molecular complexity index is 1170. The van der Waals surface area contributed by atoms with Crippen molar-refractivity contribution in [1.29, 1.82) is 0 Å². The zero-order valence-corrected chi connectivity index (χ0v) is 19.8. The fraction of sp³-hybridized carbons (Fsp3) is 0.200. The summed E-state index contributed by atoms with van der Waals surface area (Å²) in [5, 5.41) is 0. The Morgan fingerprint density at radius 1 is 0.697 bits per heavy atom. The van der Waals surface area contributed by atoms with Gasteiger partial charge in [0, 0.05) is 12.0 Å². The first-order valence-corrected chi connectivity index (χ1v) is 12.6. The summed E-state index contributed by atoms with van der Waals surface area (Å²) in [5.74, 6) is 0.335. The van der Waals surface area contributed by atoms with Gasteiger partial charge in [-0.1, -0.05) is 60.7 Å². The molecule has 1 aliphatic carbocycles. The third-order valence-corrected chi connectivity index (χ3v) is 8.72. The van der Waals surface area contributed by atoms with Gasteiger partial charge in [-0.15, -0.1) is 0 Å². The summed E-state index contributed by atoms with van der Waals surface area (Å²) in [5.41, 5.74) is 2.29. The molecule has 33 heavy (non-hydrogen) atoms. The molecular formula is C30H28FOS+. The minimum atomic E-state index is -0.470. The van der Waals surface area contributed by atoms with E-state index in [0.717, 1.165) is 17.7 Å². The Hall–Kier alpha value is -3.04. The highest BCUT2D eigenvalue weighted by atomic mass is 32.2. The molecule has 166 valence electrons. The van der Waals surface area contributed by atoms with Gasteiger partial charge < -0.3 is 4.74 Å². The van der Waals surface area contributed by atoms with Gasteiger partial charge in [0.15, 0.2) is 26.3 Å². The van der Waals surface area contributed by atoms with Crippen molar-refractivity contribution >= 4 is 10.9 Å². The Morgan fingerprint density at radius 3 is 1.73 bits per heavy atom. The molecule has 3 heteroatoms. The summed E-state index contributed by atoms with van der Waals surface area (Å²) >= 11 is 0. The number of hydrogen-bond donors (Lipinski definition) is 0. The number of rotatable bonds is 6. The second-order valence-corrected chi connectivity index (χ2v) is 11.1. The van der Waals surface area contributed by atoms with Crippen molar-refractivity contribution in [2.75, 3.05) is 0 Å². The highest BCUT2D eigenvalue weighted by Gasteiger charge is 2.37. The normalized spacial score (nSPS) is 13.8. The molecule has 4 aromatic carbocycles. The summed E-state index contributed by atoms with van der Waals surface area (Å²) in [4.78, 5) is 3.28. The molecule has 0 aromatic heterocycles. The minimum absolute atomic E-state index is 0.305. The zero-order valence-electron chi connectivity index (χ0n) is 19.0. The number of benzene rings is 4. The van der Waals surface area contributed by atoms with E-state index in [1.807, 2.05) is 42.5 Å². The first-order valence-electron chi connectivity index (χ1n) is 11.4. The Labute approximate surface area is 198 Å². The fourth-order valence-electron chi connectivity index (χ4n) is 4.63. The van der Waals surface area contributed by atoms with Crippen molar-refractivity contribution in [2.45, 2.75) is 47.0 Å². The summed E-state index contributed by atoms with van der Waals surface area (Å²) in [7, 11) is -0.381. The van der Waals surface area contributed by atoms with Gasteiger partial charge in [0.05, 0.1) is 10.9 Å². The van der Waals surface area contributed by atoms with Gasteiger partial charge in [-0.2, -0.15) is 0 Å². The predicted octanol–water partition coefficient (Wildman–Crippen LogP) is 7.49. The summed E-state index contributed by atoms with van der Waals surface area (Å²) in [6, 6.07) is 34.6. The van der Waals surface area contributed by atoms with E-state index in [2.05, 4.69) is 62.4 Å². The number of halogens is 1. The number of fused-ring (bicyclic) bond motifs is 1. The summed E-state index contributed by atoms with van der Waals surface area (Å²) in [6.45, 7) is 4.16. The maximum absolute atomic E-state index is 15.4. The smallest absolute Gasteiger partial charge is 0.170 e. The van der Waals surface area contributed by atoms with E-state index in [9.17, 15) is 0 Å². The van der Waals surface area contributed by atoms with Crippen LogP contribution < -0.4 is 4.74 Å². The number of ether oxygens (including phenoxy) is 1. The molecule has 0 N–H and O–H groups in total. The zero-order chi connectivity index (χ0) is 22.8. The van der Waals surface area contributed by atoms with Crippen LogP contribution >= 0.6 is 0 Å². The molecule has 0 amide bonds. The van der Waals surface area contributed by atoms with Crippen LogP contribution in [0.4, 0.5) is 4.39 Å². The first kappa shape index (κ1) is 21.8. The van der Waals surface area contributed by atoms with E-state index >= 15 is 4.39 Å². The lowest BCUT2D eigenvalue weighted by molar-refractivity contribution is 0.0439. The van der Waals surface area contributed by atoms with E-state index in [1.54, 1.807) is 12.1 Å². The van der Waals surface area contributed by atoms with Gasteiger partial charge in [0.2, 0.25) is 0 Å². The van der Waals surface area contributed by atoms with Crippen LogP contribution in [-0.2, 0) is 23.7 Å². The van der Waals surface area contributed by atoms with Gasteiger partial charge in [0.1, 0.15) is 5.60 Å². The van der Waals surface area contributed by atoms with Crippen molar-refractivity contribution in [1.82, 2.24) is 0 Å². The van der Waals surface area contributed by atoms with Crippen molar-refractivity contribution in [3.05, 3.63) is 120 Å². The summed E-state index contributed by atoms with van der Waals surface area (Å²) < 4.78 is 21.7. The van der Waals surface area contributed by atoms with Gasteiger partial charge in [-0.3, -0.25) is 0 Å². The Kier molecular flexibility index (Phi) is 5.99. The van der Waals surface area contributed by atoms with Crippen LogP contribution in [0.3, 0.4) is 0 Å². The summed E-state index contributed by atoms with van der Waals surface area (Å²) in [6.07, 6.45) is 1.93. The molecule has 0 spiro atoms. The van der Waals surface area contributed by atoms with E-state index in [4.69, 9.17) is 4.74 Å². The molecule has 0 aliphatic heterocycles. The van der Waals surface area contributed by atoms with Crippen molar-refractivity contribution in [3.63, 3.8) is 0 Å². The maximum Gasteiger partial charge on any atom is 0.170 e. The first-order chi connectivity index (χ1) is 16.0. The quantitative estimate of drug-likeness (QED) is 0.274. The molecule has 0 atom stereocenters. The average molecular weight is 456 g/mol. The van der Waals surface area contributed by atoms with E-state index in [0.29, 0.717) is 11.7 Å². The van der Waals surface area contributed by atoms with Gasteiger partial charge in [-0.05, 0) is 74.2 Å². The third kappa shape index (κ3) is 4.56. The van der Waals surface area contributed by atoms with Gasteiger partial charge in [0.25, 0.3) is 0 Å². The molecule has 4 aromatic rings. The lowest BCUT2D eigenvalue weighted by atomic mass is 9.88.